The molecule has 0 aliphatic heterocycles. The Morgan fingerprint density at radius 2 is 1.84 bits per heavy atom. The van der Waals surface area contributed by atoms with Gasteiger partial charge in [0, 0.05) is 10.6 Å². The first kappa shape index (κ1) is 20.9. The zero-order chi connectivity index (χ0) is 22.1. The molecule has 0 saturated heterocycles. The van der Waals surface area contributed by atoms with Crippen molar-refractivity contribution in [3.8, 4) is 5.69 Å². The molecule has 0 spiro atoms. The molecule has 4 aromatic rings. The number of nitrogens with zero attached hydrogens (tertiary/aromatic N) is 2. The van der Waals surface area contributed by atoms with Gasteiger partial charge in [0.2, 0.25) is 5.91 Å². The lowest BCUT2D eigenvalue weighted by molar-refractivity contribution is -0.113. The third-order valence-electron chi connectivity index (χ3n) is 5.43. The first-order chi connectivity index (χ1) is 15.6. The van der Waals surface area contributed by atoms with Gasteiger partial charge in [0.1, 0.15) is 10.6 Å². The topological polar surface area (TPSA) is 64.0 Å². The minimum absolute atomic E-state index is 0.0964. The average molecular weight is 466 g/mol. The summed E-state index contributed by atoms with van der Waals surface area (Å²) in [7, 11) is 0. The molecular weight excluding hydrogens is 445 g/mol. The maximum absolute atomic E-state index is 13.6. The predicted molar refractivity (Wildman–Crippen MR) is 128 cm³/mol. The van der Waals surface area contributed by atoms with E-state index in [1.807, 2.05) is 30.3 Å². The number of fused-ring (bicyclic) bond motifs is 3. The van der Waals surface area contributed by atoms with Gasteiger partial charge in [0.25, 0.3) is 5.56 Å². The molecule has 5 nitrogen and oxygen atoms in total. The predicted octanol–water partition coefficient (Wildman–Crippen LogP) is 5.20. The first-order valence-corrected chi connectivity index (χ1v) is 12.2. The molecule has 0 atom stereocenters. The molecule has 2 aromatic carbocycles. The summed E-state index contributed by atoms with van der Waals surface area (Å²) in [6.45, 7) is 0. The van der Waals surface area contributed by atoms with Gasteiger partial charge in [0.05, 0.1) is 16.8 Å². The van der Waals surface area contributed by atoms with Gasteiger partial charge in [-0.05, 0) is 67.6 Å². The fourth-order valence-corrected chi connectivity index (χ4v) is 6.06. The van der Waals surface area contributed by atoms with Gasteiger partial charge in [-0.1, -0.05) is 30.0 Å². The van der Waals surface area contributed by atoms with E-state index in [0.717, 1.165) is 31.2 Å². The molecule has 1 amide bonds. The second kappa shape index (κ2) is 8.88. The minimum Gasteiger partial charge on any atom is -0.325 e. The largest absolute Gasteiger partial charge is 0.325 e. The highest BCUT2D eigenvalue weighted by Crippen LogP contribution is 2.35. The third kappa shape index (κ3) is 4.08. The van der Waals surface area contributed by atoms with Gasteiger partial charge >= 0.3 is 0 Å². The number of aromatic nitrogens is 2. The standard InChI is InChI=1S/C24H20FN3O2S2/c25-15-10-12-17(13-11-15)28-23(30)21-18-8-4-5-9-19(18)32-22(21)27-24(28)31-14-20(29)26-16-6-2-1-3-7-16/h1-3,6-7,10-13H,4-5,8-9,14H2,(H,26,29). The summed E-state index contributed by atoms with van der Waals surface area (Å²) >= 11 is 2.77. The number of carbonyl (C=O) groups excluding carboxylic acids is 1. The molecule has 0 unspecified atom stereocenters. The number of amides is 1. The number of rotatable bonds is 5. The third-order valence-corrected chi connectivity index (χ3v) is 7.56. The molecule has 2 aromatic heterocycles. The molecule has 1 N–H and O–H groups in total. The number of carbonyl (C=O) groups is 1. The lowest BCUT2D eigenvalue weighted by Crippen LogP contribution is -2.23. The number of anilines is 1. The number of hydrogen-bond acceptors (Lipinski definition) is 5. The summed E-state index contributed by atoms with van der Waals surface area (Å²) in [6.07, 6.45) is 4.02. The molecule has 32 heavy (non-hydrogen) atoms. The first-order valence-electron chi connectivity index (χ1n) is 10.4. The van der Waals surface area contributed by atoms with Crippen LogP contribution in [0.15, 0.2) is 64.5 Å². The molecule has 1 aliphatic carbocycles. The number of thioether (sulfide) groups is 1. The van der Waals surface area contributed by atoms with Crippen LogP contribution in [0.2, 0.25) is 0 Å². The van der Waals surface area contributed by atoms with E-state index >= 15 is 0 Å². The maximum Gasteiger partial charge on any atom is 0.267 e. The quantitative estimate of drug-likeness (QED) is 0.325. The van der Waals surface area contributed by atoms with Crippen molar-refractivity contribution in [3.63, 3.8) is 0 Å². The highest BCUT2D eigenvalue weighted by molar-refractivity contribution is 7.99. The highest BCUT2D eigenvalue weighted by atomic mass is 32.2. The van der Waals surface area contributed by atoms with Crippen molar-refractivity contribution >= 4 is 44.9 Å². The molecule has 0 saturated carbocycles. The molecule has 0 radical (unpaired) electrons. The van der Waals surface area contributed by atoms with E-state index in [0.29, 0.717) is 26.7 Å². The van der Waals surface area contributed by atoms with Gasteiger partial charge in [-0.3, -0.25) is 14.2 Å². The van der Waals surface area contributed by atoms with Gasteiger partial charge in [-0.2, -0.15) is 0 Å². The van der Waals surface area contributed by atoms with E-state index in [9.17, 15) is 14.0 Å². The number of halogens is 1. The number of para-hydroxylation sites is 1. The Labute approximate surface area is 192 Å². The lowest BCUT2D eigenvalue weighted by Gasteiger charge is -2.13. The number of aryl methyl sites for hydroxylation is 2. The molecule has 2 heterocycles. The summed E-state index contributed by atoms with van der Waals surface area (Å²) in [6, 6.07) is 15.0. The molecule has 162 valence electrons. The van der Waals surface area contributed by atoms with Crippen LogP contribution >= 0.6 is 23.1 Å². The van der Waals surface area contributed by atoms with Gasteiger partial charge in [0.15, 0.2) is 5.16 Å². The van der Waals surface area contributed by atoms with Crippen molar-refractivity contribution in [1.82, 2.24) is 9.55 Å². The lowest BCUT2D eigenvalue weighted by atomic mass is 9.97. The summed E-state index contributed by atoms with van der Waals surface area (Å²) in [5, 5.41) is 3.93. The fourth-order valence-electron chi connectivity index (χ4n) is 3.95. The van der Waals surface area contributed by atoms with E-state index < -0.39 is 0 Å². The SMILES string of the molecule is O=C(CSc1nc2sc3c(c2c(=O)n1-c1ccc(F)cc1)CCCC3)Nc1ccccc1. The second-order valence-electron chi connectivity index (χ2n) is 7.61. The minimum atomic E-state index is -0.375. The van der Waals surface area contributed by atoms with Crippen LogP contribution in [0.5, 0.6) is 0 Å². The Morgan fingerprint density at radius 1 is 1.09 bits per heavy atom. The Balaban J connectivity index is 1.54. The van der Waals surface area contributed by atoms with Crippen LogP contribution in [0.25, 0.3) is 15.9 Å². The monoisotopic (exact) mass is 465 g/mol. The van der Waals surface area contributed by atoms with Gasteiger partial charge < -0.3 is 5.32 Å². The summed E-state index contributed by atoms with van der Waals surface area (Å²) in [4.78, 5) is 32.8. The fraction of sp³-hybridized carbons (Fsp3) is 0.208. The maximum atomic E-state index is 13.6. The van der Waals surface area contributed by atoms with E-state index in [2.05, 4.69) is 5.32 Å². The second-order valence-corrected chi connectivity index (χ2v) is 9.63. The average Bonchev–Trinajstić information content (AvgIpc) is 3.18. The van der Waals surface area contributed by atoms with Crippen LogP contribution < -0.4 is 10.9 Å². The highest BCUT2D eigenvalue weighted by Gasteiger charge is 2.23. The van der Waals surface area contributed by atoms with Crippen LogP contribution in [-0.2, 0) is 17.6 Å². The van der Waals surface area contributed by atoms with Crippen LogP contribution in [-0.4, -0.2) is 21.2 Å². The van der Waals surface area contributed by atoms with Crippen LogP contribution in [0.3, 0.4) is 0 Å². The van der Waals surface area contributed by atoms with Crippen molar-refractivity contribution in [1.29, 1.82) is 0 Å². The van der Waals surface area contributed by atoms with Crippen LogP contribution in [0.4, 0.5) is 10.1 Å². The number of thiophene rings is 1. The normalized spacial score (nSPS) is 13.2. The van der Waals surface area contributed by atoms with E-state index in [1.54, 1.807) is 23.5 Å². The van der Waals surface area contributed by atoms with Crippen LogP contribution in [0, 0.1) is 5.82 Å². The van der Waals surface area contributed by atoms with Crippen LogP contribution in [0.1, 0.15) is 23.3 Å². The van der Waals surface area contributed by atoms with Crippen molar-refractivity contribution in [2.24, 2.45) is 0 Å². The Bertz CT molecular complexity index is 1350. The smallest absolute Gasteiger partial charge is 0.267 e. The van der Waals surface area contributed by atoms with Crippen molar-refractivity contribution in [2.75, 3.05) is 11.1 Å². The van der Waals surface area contributed by atoms with Gasteiger partial charge in [-0.25, -0.2) is 9.37 Å². The molecule has 1 aliphatic rings. The summed E-state index contributed by atoms with van der Waals surface area (Å²) < 4.78 is 15.0. The van der Waals surface area contributed by atoms with E-state index in [4.69, 9.17) is 4.98 Å². The van der Waals surface area contributed by atoms with Crippen molar-refractivity contribution < 1.29 is 9.18 Å². The van der Waals surface area contributed by atoms with E-state index in [1.165, 1.54) is 33.3 Å². The number of hydrogen-bond donors (Lipinski definition) is 1. The number of benzene rings is 2. The molecule has 5 rings (SSSR count). The molecule has 8 heteroatoms. The summed E-state index contributed by atoms with van der Waals surface area (Å²) in [5.74, 6) is -0.467. The molecular formula is C24H20FN3O2S2. The zero-order valence-electron chi connectivity index (χ0n) is 17.1. The van der Waals surface area contributed by atoms with Crippen molar-refractivity contribution in [3.05, 3.63) is 81.2 Å². The molecule has 0 fully saturated rings. The Kier molecular flexibility index (Phi) is 5.80. The molecule has 0 bridgehead atoms. The van der Waals surface area contributed by atoms with Crippen molar-refractivity contribution in [2.45, 2.75) is 30.8 Å². The zero-order valence-corrected chi connectivity index (χ0v) is 18.8. The van der Waals surface area contributed by atoms with Gasteiger partial charge in [-0.15, -0.1) is 11.3 Å². The van der Waals surface area contributed by atoms with E-state index in [-0.39, 0.29) is 23.0 Å². The Hall–Kier alpha value is -2.97. The summed E-state index contributed by atoms with van der Waals surface area (Å²) in [5.41, 5.74) is 2.19. The number of nitrogens with one attached hydrogen (secondary N) is 1. The Morgan fingerprint density at radius 3 is 2.62 bits per heavy atom.